The Labute approximate surface area is 384 Å². The molecular formula is C48H61N11O7. The summed E-state index contributed by atoms with van der Waals surface area (Å²) in [7, 11) is 1.51. The normalized spacial score (nSPS) is 21.7. The number of nitrogens with zero attached hydrogens (tertiary/aromatic N) is 2. The van der Waals surface area contributed by atoms with Crippen molar-refractivity contribution in [2.45, 2.75) is 101 Å². The molecule has 2 fully saturated rings. The van der Waals surface area contributed by atoms with Gasteiger partial charge >= 0.3 is 0 Å². The highest BCUT2D eigenvalue weighted by molar-refractivity contribution is 5.98. The maximum atomic E-state index is 14.8. The third-order valence-corrected chi connectivity index (χ3v) is 12.1. The first-order chi connectivity index (χ1) is 31.8. The fourth-order valence-corrected chi connectivity index (χ4v) is 8.66. The molecule has 4 aromatic rings. The molecule has 1 aromatic heterocycles. The molecule has 0 radical (unpaired) electrons. The van der Waals surface area contributed by atoms with E-state index in [-0.39, 0.29) is 64.1 Å². The van der Waals surface area contributed by atoms with Crippen molar-refractivity contribution in [3.05, 3.63) is 108 Å². The minimum absolute atomic E-state index is 0.0453. The molecule has 2 aliphatic rings. The molecule has 4 unspecified atom stereocenters. The summed E-state index contributed by atoms with van der Waals surface area (Å²) in [5.74, 6) is -4.02. The maximum absolute atomic E-state index is 14.8. The lowest BCUT2D eigenvalue weighted by atomic mass is 10.00. The molecule has 7 amide bonds. The van der Waals surface area contributed by atoms with Gasteiger partial charge in [-0.15, -0.1) is 0 Å². The number of hydrogen-bond acceptors (Lipinski definition) is 8. The predicted octanol–water partition coefficient (Wildman–Crippen LogP) is 1.15. The molecule has 2 aliphatic heterocycles. The highest BCUT2D eigenvalue weighted by Gasteiger charge is 2.42. The van der Waals surface area contributed by atoms with Gasteiger partial charge in [0.05, 0.1) is 0 Å². The maximum Gasteiger partial charge on any atom is 0.245 e. The van der Waals surface area contributed by atoms with Crippen LogP contribution in [-0.2, 0) is 52.8 Å². The molecule has 0 spiro atoms. The van der Waals surface area contributed by atoms with Gasteiger partial charge in [-0.25, -0.2) is 0 Å². The monoisotopic (exact) mass is 903 g/mol. The van der Waals surface area contributed by atoms with E-state index in [0.29, 0.717) is 19.3 Å². The Bertz CT molecular complexity index is 2360. The van der Waals surface area contributed by atoms with Crippen molar-refractivity contribution in [2.24, 2.45) is 5.73 Å². The van der Waals surface area contributed by atoms with Gasteiger partial charge in [0.2, 0.25) is 41.4 Å². The molecule has 18 nitrogen and oxygen atoms in total. The first kappa shape index (κ1) is 48.2. The number of rotatable bonds is 13. The van der Waals surface area contributed by atoms with Crippen LogP contribution in [0.15, 0.2) is 91.1 Å². The van der Waals surface area contributed by atoms with Crippen molar-refractivity contribution in [3.8, 4) is 0 Å². The first-order valence-electron chi connectivity index (χ1n) is 22.5. The van der Waals surface area contributed by atoms with Crippen molar-refractivity contribution >= 4 is 58.2 Å². The molecule has 3 heterocycles. The third kappa shape index (κ3) is 12.9. The number of benzene rings is 3. The zero-order valence-corrected chi connectivity index (χ0v) is 37.4. The summed E-state index contributed by atoms with van der Waals surface area (Å²) >= 11 is 0. The van der Waals surface area contributed by atoms with Crippen molar-refractivity contribution in [1.29, 1.82) is 5.41 Å². The standard InChI is InChI=1S/C48H61N11O7/c1-30(60)54-38(26-31-14-5-3-6-15-31)43(62)56-37-21-12-23-51-42(61)36(20-11-24-52-48(49)50)55-44(63)39(28-33-29-53-35-19-10-9-18-34(33)35)57-45(64)41(27-32-16-7-4-8-17-32)58(2)47(66)40-22-13-25-59(40)46(37)65/h3-10,14-19,29,36-41,53H,11-13,20-28H2,1-2H3,(H,51,61)(H,54,60)(H,55,63)(H,56,62)(H,57,64)(H4,49,50,52)/t36?,37?,38-,39?,40?,41+/m0/s1. The van der Waals surface area contributed by atoms with E-state index >= 15 is 0 Å². The van der Waals surface area contributed by atoms with E-state index in [1.54, 1.807) is 6.20 Å². The molecule has 6 atom stereocenters. The van der Waals surface area contributed by atoms with Crippen LogP contribution in [-0.4, -0.2) is 125 Å². The molecule has 0 saturated carbocycles. The lowest BCUT2D eigenvalue weighted by molar-refractivity contribution is -0.148. The average molecular weight is 904 g/mol. The second kappa shape index (κ2) is 23.1. The Morgan fingerprint density at radius 3 is 2.21 bits per heavy atom. The second-order valence-corrected chi connectivity index (χ2v) is 17.0. The van der Waals surface area contributed by atoms with E-state index in [0.717, 1.165) is 27.6 Å². The summed E-state index contributed by atoms with van der Waals surface area (Å²) in [6.45, 7) is 1.82. The van der Waals surface area contributed by atoms with Crippen molar-refractivity contribution in [1.82, 2.24) is 46.7 Å². The fourth-order valence-electron chi connectivity index (χ4n) is 8.66. The second-order valence-electron chi connectivity index (χ2n) is 17.0. The number of amides is 7. The number of hydrogen-bond donors (Lipinski definition) is 9. The van der Waals surface area contributed by atoms with E-state index in [2.05, 4.69) is 36.9 Å². The molecular weight excluding hydrogens is 843 g/mol. The lowest BCUT2D eigenvalue weighted by Crippen LogP contribution is -2.60. The quantitative estimate of drug-likeness (QED) is 0.0529. The SMILES string of the molecule is CC(=O)N[C@@H](Cc1ccccc1)C(=O)NC1CCCNC(=O)C(CCCNC(=N)N)NC(=O)C(Cc2c[nH]c3ccccc23)NC(=O)[C@@H](Cc2ccccc2)N(C)C(=O)C2CCCN2C1=O. The zero-order chi connectivity index (χ0) is 47.2. The van der Waals surface area contributed by atoms with Gasteiger partial charge in [0.15, 0.2) is 5.96 Å². The van der Waals surface area contributed by atoms with Crippen LogP contribution in [0.2, 0.25) is 0 Å². The number of aromatic amines is 1. The smallest absolute Gasteiger partial charge is 0.245 e. The molecule has 3 aromatic carbocycles. The van der Waals surface area contributed by atoms with Crippen LogP contribution < -0.4 is 37.6 Å². The van der Waals surface area contributed by atoms with Gasteiger partial charge < -0.3 is 52.4 Å². The number of carbonyl (C=O) groups excluding carboxylic acids is 7. The Kier molecular flexibility index (Phi) is 16.9. The first-order valence-corrected chi connectivity index (χ1v) is 22.5. The number of fused-ring (bicyclic) bond motifs is 2. The van der Waals surface area contributed by atoms with Crippen LogP contribution in [0.4, 0.5) is 0 Å². The lowest BCUT2D eigenvalue weighted by Gasteiger charge is -2.35. The molecule has 0 bridgehead atoms. The van der Waals surface area contributed by atoms with E-state index in [4.69, 9.17) is 11.1 Å². The Morgan fingerprint density at radius 1 is 0.818 bits per heavy atom. The summed E-state index contributed by atoms with van der Waals surface area (Å²) in [6.07, 6.45) is 3.59. The number of aromatic nitrogens is 1. The average Bonchev–Trinajstić information content (AvgIpc) is 3.97. The Hall–Kier alpha value is -7.24. The predicted molar refractivity (Wildman–Crippen MR) is 248 cm³/mol. The molecule has 350 valence electrons. The molecule has 2 saturated heterocycles. The van der Waals surface area contributed by atoms with Crippen LogP contribution >= 0.6 is 0 Å². The van der Waals surface area contributed by atoms with E-state index < -0.39 is 77.6 Å². The van der Waals surface area contributed by atoms with Crippen LogP contribution in [0.3, 0.4) is 0 Å². The van der Waals surface area contributed by atoms with Crippen LogP contribution in [0.1, 0.15) is 62.1 Å². The third-order valence-electron chi connectivity index (χ3n) is 12.1. The number of nitrogens with two attached hydrogens (primary N) is 1. The van der Waals surface area contributed by atoms with Gasteiger partial charge in [-0.1, -0.05) is 78.9 Å². The van der Waals surface area contributed by atoms with Gasteiger partial charge in [0, 0.05) is 70.0 Å². The number of likely N-dealkylation sites (N-methyl/N-ethyl adjacent to an activating group) is 1. The van der Waals surface area contributed by atoms with Crippen LogP contribution in [0.25, 0.3) is 10.9 Å². The number of nitrogens with one attached hydrogen (secondary N) is 8. The number of para-hydroxylation sites is 1. The van der Waals surface area contributed by atoms with Crippen molar-refractivity contribution < 1.29 is 33.6 Å². The molecule has 18 heteroatoms. The largest absolute Gasteiger partial charge is 0.370 e. The molecule has 10 N–H and O–H groups in total. The van der Waals surface area contributed by atoms with Gasteiger partial charge in [-0.05, 0) is 61.3 Å². The zero-order valence-electron chi connectivity index (χ0n) is 37.4. The minimum atomic E-state index is -1.19. The van der Waals surface area contributed by atoms with Gasteiger partial charge in [0.1, 0.15) is 36.3 Å². The summed E-state index contributed by atoms with van der Waals surface area (Å²) in [5.41, 5.74) is 8.61. The highest BCUT2D eigenvalue weighted by atomic mass is 16.2. The van der Waals surface area contributed by atoms with E-state index in [1.165, 1.54) is 23.8 Å². The molecule has 6 rings (SSSR count). The fraction of sp³-hybridized carbons (Fsp3) is 0.417. The van der Waals surface area contributed by atoms with Crippen molar-refractivity contribution in [2.75, 3.05) is 26.7 Å². The van der Waals surface area contributed by atoms with Gasteiger partial charge in [0.25, 0.3) is 0 Å². The summed E-state index contributed by atoms with van der Waals surface area (Å²) in [5, 5.41) is 25.4. The van der Waals surface area contributed by atoms with Crippen LogP contribution in [0, 0.1) is 5.41 Å². The van der Waals surface area contributed by atoms with Crippen LogP contribution in [0.5, 0.6) is 0 Å². The summed E-state index contributed by atoms with van der Waals surface area (Å²) in [6, 6.07) is 19.3. The van der Waals surface area contributed by atoms with Gasteiger partial charge in [-0.3, -0.25) is 39.0 Å². The van der Waals surface area contributed by atoms with Crippen molar-refractivity contribution in [3.63, 3.8) is 0 Å². The highest BCUT2D eigenvalue weighted by Crippen LogP contribution is 2.24. The Balaban J connectivity index is 1.34. The number of guanidine groups is 1. The number of H-pyrrole nitrogens is 1. The van der Waals surface area contributed by atoms with Gasteiger partial charge in [-0.2, -0.15) is 0 Å². The Morgan fingerprint density at radius 2 is 1.50 bits per heavy atom. The summed E-state index contributed by atoms with van der Waals surface area (Å²) in [4.78, 5) is 105. The molecule has 0 aliphatic carbocycles. The topological polar surface area (TPSA) is 264 Å². The number of carbonyl (C=O) groups is 7. The van der Waals surface area contributed by atoms with E-state index in [1.807, 2.05) is 84.9 Å². The van der Waals surface area contributed by atoms with E-state index in [9.17, 15) is 33.6 Å². The minimum Gasteiger partial charge on any atom is -0.370 e. The summed E-state index contributed by atoms with van der Waals surface area (Å²) < 4.78 is 0. The molecule has 66 heavy (non-hydrogen) atoms.